The van der Waals surface area contributed by atoms with Crippen molar-refractivity contribution >= 4 is 27.9 Å². The molecule has 0 radical (unpaired) electrons. The van der Waals surface area contributed by atoms with Gasteiger partial charge >= 0.3 is 12.0 Å². The molecule has 2 rings (SSSR count). The lowest BCUT2D eigenvalue weighted by Crippen LogP contribution is -2.46. The molecule has 0 spiro atoms. The van der Waals surface area contributed by atoms with E-state index in [1.165, 1.54) is 11.0 Å². The van der Waals surface area contributed by atoms with Gasteiger partial charge in [-0.05, 0) is 38.5 Å². The highest BCUT2D eigenvalue weighted by Crippen LogP contribution is 2.40. The van der Waals surface area contributed by atoms with E-state index >= 15 is 0 Å². The summed E-state index contributed by atoms with van der Waals surface area (Å²) in [5, 5.41) is 12.8. The lowest BCUT2D eigenvalue weighted by molar-refractivity contribution is -0.139. The molecule has 0 saturated carbocycles. The molecule has 0 saturated heterocycles. The Hall–Kier alpha value is -2.22. The summed E-state index contributed by atoms with van der Waals surface area (Å²) in [5.74, 6) is -0.264. The summed E-state index contributed by atoms with van der Waals surface area (Å²) in [5.41, 5.74) is 1.42. The van der Waals surface area contributed by atoms with Crippen molar-refractivity contribution in [1.82, 2.24) is 10.2 Å². The van der Waals surface area contributed by atoms with Crippen LogP contribution >= 0.6 is 15.9 Å². The van der Waals surface area contributed by atoms with Crippen LogP contribution in [0.25, 0.3) is 0 Å². The number of hydrogen-bond acceptors (Lipinski definition) is 5. The van der Waals surface area contributed by atoms with Crippen LogP contribution in [-0.2, 0) is 9.53 Å². The molecule has 1 aliphatic rings. The number of phenolic OH excluding ortho intramolecular Hbond substituents is 1. The van der Waals surface area contributed by atoms with Crippen molar-refractivity contribution < 1.29 is 24.2 Å². The highest BCUT2D eigenvalue weighted by atomic mass is 79.9. The third-order valence-electron chi connectivity index (χ3n) is 3.94. The SMILES string of the molecule is CCOC(=O)C1=C(C)N(C)C(=O)N[C@H]1c1cc(OCC)c(O)cc1Br. The topological polar surface area (TPSA) is 88.1 Å². The number of urea groups is 1. The van der Waals surface area contributed by atoms with Crippen LogP contribution < -0.4 is 10.1 Å². The molecular weight excluding hydrogens is 392 g/mol. The molecule has 136 valence electrons. The summed E-state index contributed by atoms with van der Waals surface area (Å²) >= 11 is 3.38. The molecule has 2 N–H and O–H groups in total. The summed E-state index contributed by atoms with van der Waals surface area (Å²) in [4.78, 5) is 26.1. The summed E-state index contributed by atoms with van der Waals surface area (Å²) in [6.45, 7) is 5.80. The normalized spacial score (nSPS) is 17.4. The van der Waals surface area contributed by atoms with Crippen molar-refractivity contribution in [2.75, 3.05) is 20.3 Å². The largest absolute Gasteiger partial charge is 0.504 e. The van der Waals surface area contributed by atoms with Gasteiger partial charge in [0.15, 0.2) is 11.5 Å². The number of nitrogens with zero attached hydrogens (tertiary/aromatic N) is 1. The van der Waals surface area contributed by atoms with Gasteiger partial charge in [-0.25, -0.2) is 9.59 Å². The number of ether oxygens (including phenoxy) is 2. The number of phenols is 1. The number of hydrogen-bond donors (Lipinski definition) is 2. The zero-order valence-corrected chi connectivity index (χ0v) is 16.1. The first-order chi connectivity index (χ1) is 11.8. The molecular formula is C17H21BrN2O5. The number of carbonyl (C=O) groups excluding carboxylic acids is 2. The van der Waals surface area contributed by atoms with Gasteiger partial charge in [0, 0.05) is 17.2 Å². The van der Waals surface area contributed by atoms with Gasteiger partial charge in [-0.2, -0.15) is 0 Å². The van der Waals surface area contributed by atoms with E-state index in [-0.39, 0.29) is 24.1 Å². The second kappa shape index (κ2) is 7.77. The van der Waals surface area contributed by atoms with Crippen LogP contribution in [0.3, 0.4) is 0 Å². The number of aromatic hydroxyl groups is 1. The first-order valence-electron chi connectivity index (χ1n) is 7.89. The highest BCUT2D eigenvalue weighted by molar-refractivity contribution is 9.10. The molecule has 1 aliphatic heterocycles. The molecule has 0 aliphatic carbocycles. The molecule has 0 bridgehead atoms. The maximum absolute atomic E-state index is 12.5. The second-order valence-corrected chi connectivity index (χ2v) is 6.29. The summed E-state index contributed by atoms with van der Waals surface area (Å²) < 4.78 is 11.1. The first-order valence-corrected chi connectivity index (χ1v) is 8.68. The van der Waals surface area contributed by atoms with Crippen LogP contribution in [0.15, 0.2) is 27.9 Å². The number of esters is 1. The van der Waals surface area contributed by atoms with Crippen molar-refractivity contribution in [1.29, 1.82) is 0 Å². The van der Waals surface area contributed by atoms with E-state index in [1.807, 2.05) is 0 Å². The Kier molecular flexibility index (Phi) is 5.94. The first kappa shape index (κ1) is 19.1. The molecule has 8 heteroatoms. The van der Waals surface area contributed by atoms with Gasteiger partial charge in [0.25, 0.3) is 0 Å². The highest BCUT2D eigenvalue weighted by Gasteiger charge is 2.36. The monoisotopic (exact) mass is 412 g/mol. The Bertz CT molecular complexity index is 732. The predicted molar refractivity (Wildman–Crippen MR) is 95.3 cm³/mol. The number of carbonyl (C=O) groups is 2. The Morgan fingerprint density at radius 1 is 1.36 bits per heavy atom. The van der Waals surface area contributed by atoms with Crippen LogP contribution in [0.1, 0.15) is 32.4 Å². The molecule has 1 aromatic carbocycles. The second-order valence-electron chi connectivity index (χ2n) is 5.44. The van der Waals surface area contributed by atoms with Gasteiger partial charge in [0.2, 0.25) is 0 Å². The molecule has 0 aromatic heterocycles. The van der Waals surface area contributed by atoms with Crippen molar-refractivity contribution in [3.05, 3.63) is 33.4 Å². The van der Waals surface area contributed by atoms with Crippen LogP contribution in [0.4, 0.5) is 4.79 Å². The summed E-state index contributed by atoms with van der Waals surface area (Å²) in [6, 6.07) is 2.01. The van der Waals surface area contributed by atoms with Crippen molar-refractivity contribution in [2.45, 2.75) is 26.8 Å². The Morgan fingerprint density at radius 2 is 2.04 bits per heavy atom. The maximum Gasteiger partial charge on any atom is 0.338 e. The molecule has 1 aromatic rings. The van der Waals surface area contributed by atoms with Gasteiger partial charge in [0.1, 0.15) is 0 Å². The van der Waals surface area contributed by atoms with E-state index in [2.05, 4.69) is 21.2 Å². The number of rotatable bonds is 5. The van der Waals surface area contributed by atoms with Gasteiger partial charge in [0.05, 0.1) is 24.8 Å². The van der Waals surface area contributed by atoms with E-state index in [9.17, 15) is 14.7 Å². The van der Waals surface area contributed by atoms with Gasteiger partial charge in [-0.1, -0.05) is 15.9 Å². The Balaban J connectivity index is 2.60. The third-order valence-corrected chi connectivity index (χ3v) is 4.63. The van der Waals surface area contributed by atoms with Crippen molar-refractivity contribution in [3.63, 3.8) is 0 Å². The molecule has 1 heterocycles. The van der Waals surface area contributed by atoms with E-state index in [0.29, 0.717) is 27.9 Å². The zero-order valence-electron chi connectivity index (χ0n) is 14.6. The Labute approximate surface area is 154 Å². The lowest BCUT2D eigenvalue weighted by atomic mass is 9.94. The third kappa shape index (κ3) is 3.73. The molecule has 0 unspecified atom stereocenters. The average Bonchev–Trinajstić information content (AvgIpc) is 2.55. The van der Waals surface area contributed by atoms with E-state index < -0.39 is 12.0 Å². The van der Waals surface area contributed by atoms with Crippen LogP contribution in [0.5, 0.6) is 11.5 Å². The molecule has 2 amide bonds. The molecule has 0 fully saturated rings. The zero-order chi connectivity index (χ0) is 18.7. The van der Waals surface area contributed by atoms with Gasteiger partial charge in [-0.3, -0.25) is 0 Å². The van der Waals surface area contributed by atoms with E-state index in [0.717, 1.165) is 0 Å². The number of halogens is 1. The molecule has 25 heavy (non-hydrogen) atoms. The average molecular weight is 413 g/mol. The van der Waals surface area contributed by atoms with Crippen molar-refractivity contribution in [2.24, 2.45) is 0 Å². The van der Waals surface area contributed by atoms with E-state index in [4.69, 9.17) is 9.47 Å². The number of benzene rings is 1. The Morgan fingerprint density at radius 3 is 2.64 bits per heavy atom. The fourth-order valence-electron chi connectivity index (χ4n) is 2.59. The van der Waals surface area contributed by atoms with Crippen LogP contribution in [-0.4, -0.2) is 42.3 Å². The quantitative estimate of drug-likeness (QED) is 0.725. The minimum Gasteiger partial charge on any atom is -0.504 e. The van der Waals surface area contributed by atoms with E-state index in [1.54, 1.807) is 33.9 Å². The lowest BCUT2D eigenvalue weighted by Gasteiger charge is -2.33. The fourth-order valence-corrected chi connectivity index (χ4v) is 3.15. The number of nitrogens with one attached hydrogen (secondary N) is 1. The minimum atomic E-state index is -0.725. The standard InChI is InChI=1S/C17H21BrN2O5/c1-5-24-13-7-10(11(18)8-12(13)21)15-14(16(22)25-6-2)9(3)20(4)17(23)19-15/h7-8,15,21H,5-6H2,1-4H3,(H,19,23)/t15-/m0/s1. The smallest absolute Gasteiger partial charge is 0.338 e. The minimum absolute atomic E-state index is 0.0323. The summed E-state index contributed by atoms with van der Waals surface area (Å²) in [7, 11) is 1.58. The van der Waals surface area contributed by atoms with Crippen LogP contribution in [0.2, 0.25) is 0 Å². The fraction of sp³-hybridized carbons (Fsp3) is 0.412. The van der Waals surface area contributed by atoms with Crippen molar-refractivity contribution in [3.8, 4) is 11.5 Å². The summed E-state index contributed by atoms with van der Waals surface area (Å²) in [6.07, 6.45) is 0. The number of amides is 2. The van der Waals surface area contributed by atoms with Gasteiger partial charge < -0.3 is 24.8 Å². The molecule has 7 nitrogen and oxygen atoms in total. The number of allylic oxidation sites excluding steroid dienone is 1. The predicted octanol–water partition coefficient (Wildman–Crippen LogP) is 3.09. The van der Waals surface area contributed by atoms with Crippen LogP contribution in [0, 0.1) is 0 Å². The molecule has 1 atom stereocenters. The van der Waals surface area contributed by atoms with Gasteiger partial charge in [-0.15, -0.1) is 0 Å². The maximum atomic E-state index is 12.5.